The Balaban J connectivity index is 2.35. The molecule has 0 amide bonds. The zero-order valence-corrected chi connectivity index (χ0v) is 7.62. The standard InChI is InChI=1S/C9H8F3NO2/c10-9(11,12)15-8(14)5-4-7-3-1-2-6-13-7/h1-3,6H,4-5H2. The molecule has 0 bridgehead atoms. The summed E-state index contributed by atoms with van der Waals surface area (Å²) < 4.78 is 37.9. The molecule has 1 aromatic rings. The maximum absolute atomic E-state index is 11.6. The minimum atomic E-state index is -4.90. The lowest BCUT2D eigenvalue weighted by Gasteiger charge is -2.06. The quantitative estimate of drug-likeness (QED) is 0.730. The number of hydrogen-bond donors (Lipinski definition) is 0. The molecule has 1 rings (SSSR count). The van der Waals surface area contributed by atoms with Gasteiger partial charge in [-0.1, -0.05) is 6.07 Å². The van der Waals surface area contributed by atoms with E-state index in [-0.39, 0.29) is 12.8 Å². The lowest BCUT2D eigenvalue weighted by Crippen LogP contribution is -2.19. The Morgan fingerprint density at radius 2 is 2.13 bits per heavy atom. The molecule has 1 aromatic heterocycles. The first-order chi connectivity index (χ1) is 6.97. The number of pyridine rings is 1. The highest BCUT2D eigenvalue weighted by molar-refractivity contribution is 5.69. The number of halogens is 3. The number of hydrogen-bond acceptors (Lipinski definition) is 3. The van der Waals surface area contributed by atoms with Crippen molar-refractivity contribution in [2.24, 2.45) is 0 Å². The number of aromatic nitrogens is 1. The molecular formula is C9H8F3NO2. The Labute approximate surface area is 83.9 Å². The van der Waals surface area contributed by atoms with E-state index < -0.39 is 12.3 Å². The van der Waals surface area contributed by atoms with Gasteiger partial charge >= 0.3 is 12.3 Å². The van der Waals surface area contributed by atoms with Crippen LogP contribution < -0.4 is 0 Å². The summed E-state index contributed by atoms with van der Waals surface area (Å²) in [5.41, 5.74) is 0.552. The minimum Gasteiger partial charge on any atom is -0.373 e. The second kappa shape index (κ2) is 4.77. The fraction of sp³-hybridized carbons (Fsp3) is 0.333. The van der Waals surface area contributed by atoms with Crippen LogP contribution in [0.25, 0.3) is 0 Å². The van der Waals surface area contributed by atoms with Crippen molar-refractivity contribution in [3.05, 3.63) is 30.1 Å². The molecule has 0 spiro atoms. The highest BCUT2D eigenvalue weighted by atomic mass is 19.4. The van der Waals surface area contributed by atoms with Gasteiger partial charge in [0.15, 0.2) is 0 Å². The van der Waals surface area contributed by atoms with E-state index in [0.717, 1.165) is 0 Å². The van der Waals surface area contributed by atoms with Crippen molar-refractivity contribution in [1.82, 2.24) is 4.98 Å². The van der Waals surface area contributed by atoms with Gasteiger partial charge in [-0.3, -0.25) is 9.78 Å². The molecule has 15 heavy (non-hydrogen) atoms. The number of rotatable bonds is 3. The highest BCUT2D eigenvalue weighted by Crippen LogP contribution is 2.17. The van der Waals surface area contributed by atoms with Crippen LogP contribution in [0.5, 0.6) is 0 Å². The third-order valence-electron chi connectivity index (χ3n) is 1.54. The second-order valence-electron chi connectivity index (χ2n) is 2.74. The van der Waals surface area contributed by atoms with Gasteiger partial charge in [0.05, 0.1) is 6.42 Å². The molecule has 0 N–H and O–H groups in total. The average Bonchev–Trinajstić information content (AvgIpc) is 2.14. The first-order valence-electron chi connectivity index (χ1n) is 4.16. The smallest absolute Gasteiger partial charge is 0.373 e. The lowest BCUT2D eigenvalue weighted by molar-refractivity contribution is -0.305. The molecule has 0 aliphatic rings. The number of nitrogens with zero attached hydrogens (tertiary/aromatic N) is 1. The fourth-order valence-corrected chi connectivity index (χ4v) is 0.956. The molecule has 82 valence electrons. The van der Waals surface area contributed by atoms with Gasteiger partial charge in [0.1, 0.15) is 0 Å². The summed E-state index contributed by atoms with van der Waals surface area (Å²) in [6, 6.07) is 5.00. The van der Waals surface area contributed by atoms with Gasteiger partial charge < -0.3 is 4.74 Å². The van der Waals surface area contributed by atoms with E-state index in [0.29, 0.717) is 5.69 Å². The van der Waals surface area contributed by atoms with Gasteiger partial charge in [-0.25, -0.2) is 0 Å². The van der Waals surface area contributed by atoms with Crippen LogP contribution in [0.1, 0.15) is 12.1 Å². The normalized spacial score (nSPS) is 11.1. The average molecular weight is 219 g/mol. The van der Waals surface area contributed by atoms with E-state index in [1.807, 2.05) is 0 Å². The predicted molar refractivity (Wildman–Crippen MR) is 44.7 cm³/mol. The van der Waals surface area contributed by atoms with E-state index in [1.54, 1.807) is 18.2 Å². The summed E-state index contributed by atoms with van der Waals surface area (Å²) in [5.74, 6) is -1.30. The maximum atomic E-state index is 11.6. The molecule has 1 heterocycles. The molecule has 0 radical (unpaired) electrons. The number of ether oxygens (including phenoxy) is 1. The summed E-state index contributed by atoms with van der Waals surface area (Å²) in [5, 5.41) is 0. The van der Waals surface area contributed by atoms with Crippen LogP contribution in [0.3, 0.4) is 0 Å². The van der Waals surface area contributed by atoms with Crippen LogP contribution in [0, 0.1) is 0 Å². The first kappa shape index (κ1) is 11.5. The van der Waals surface area contributed by atoms with E-state index in [4.69, 9.17) is 0 Å². The van der Waals surface area contributed by atoms with Gasteiger partial charge in [0.2, 0.25) is 0 Å². The highest BCUT2D eigenvalue weighted by Gasteiger charge is 2.33. The zero-order chi connectivity index (χ0) is 11.3. The maximum Gasteiger partial charge on any atom is 0.575 e. The van der Waals surface area contributed by atoms with Gasteiger partial charge in [-0.2, -0.15) is 0 Å². The van der Waals surface area contributed by atoms with Crippen molar-refractivity contribution in [1.29, 1.82) is 0 Å². The Morgan fingerprint density at radius 3 is 2.67 bits per heavy atom. The summed E-state index contributed by atoms with van der Waals surface area (Å²) in [4.78, 5) is 14.5. The molecule has 0 fully saturated rings. The van der Waals surface area contributed by atoms with Crippen LogP contribution in [-0.4, -0.2) is 17.3 Å². The predicted octanol–water partition coefficient (Wildman–Crippen LogP) is 2.08. The molecule has 0 saturated heterocycles. The van der Waals surface area contributed by atoms with Crippen LogP contribution in [-0.2, 0) is 16.0 Å². The summed E-state index contributed by atoms with van der Waals surface area (Å²) in [6.07, 6.45) is -3.60. The van der Waals surface area contributed by atoms with Gasteiger partial charge in [0.25, 0.3) is 0 Å². The number of carbonyl (C=O) groups is 1. The van der Waals surface area contributed by atoms with E-state index in [1.165, 1.54) is 6.20 Å². The van der Waals surface area contributed by atoms with Crippen LogP contribution >= 0.6 is 0 Å². The Hall–Kier alpha value is -1.59. The third-order valence-corrected chi connectivity index (χ3v) is 1.54. The van der Waals surface area contributed by atoms with E-state index in [9.17, 15) is 18.0 Å². The molecular weight excluding hydrogens is 211 g/mol. The zero-order valence-electron chi connectivity index (χ0n) is 7.62. The molecule has 0 unspecified atom stereocenters. The molecule has 0 aliphatic carbocycles. The summed E-state index contributed by atoms with van der Waals surface area (Å²) in [6.45, 7) is 0. The van der Waals surface area contributed by atoms with Crippen molar-refractivity contribution in [2.75, 3.05) is 0 Å². The van der Waals surface area contributed by atoms with E-state index in [2.05, 4.69) is 9.72 Å². The Kier molecular flexibility index (Phi) is 3.65. The largest absolute Gasteiger partial charge is 0.575 e. The Bertz CT molecular complexity index is 324. The molecule has 6 heteroatoms. The number of carbonyl (C=O) groups excluding carboxylic acids is 1. The molecule has 0 aromatic carbocycles. The Morgan fingerprint density at radius 1 is 1.40 bits per heavy atom. The van der Waals surface area contributed by atoms with Gasteiger partial charge in [-0.15, -0.1) is 13.2 Å². The first-order valence-corrected chi connectivity index (χ1v) is 4.16. The number of alkyl halides is 3. The van der Waals surface area contributed by atoms with Crippen molar-refractivity contribution < 1.29 is 22.7 Å². The van der Waals surface area contributed by atoms with Crippen molar-refractivity contribution in [3.8, 4) is 0 Å². The van der Waals surface area contributed by atoms with Gasteiger partial charge in [-0.05, 0) is 12.1 Å². The molecule has 0 saturated carbocycles. The van der Waals surface area contributed by atoms with Crippen LogP contribution in [0.2, 0.25) is 0 Å². The van der Waals surface area contributed by atoms with Crippen molar-refractivity contribution in [3.63, 3.8) is 0 Å². The number of aryl methyl sites for hydroxylation is 1. The van der Waals surface area contributed by atoms with E-state index >= 15 is 0 Å². The molecule has 0 atom stereocenters. The summed E-state index contributed by atoms with van der Waals surface area (Å²) in [7, 11) is 0. The molecule has 3 nitrogen and oxygen atoms in total. The fourth-order valence-electron chi connectivity index (χ4n) is 0.956. The number of esters is 1. The minimum absolute atomic E-state index is 0.135. The second-order valence-corrected chi connectivity index (χ2v) is 2.74. The monoisotopic (exact) mass is 219 g/mol. The SMILES string of the molecule is O=C(CCc1ccccn1)OC(F)(F)F. The lowest BCUT2D eigenvalue weighted by atomic mass is 10.2. The van der Waals surface area contributed by atoms with Crippen LogP contribution in [0.15, 0.2) is 24.4 Å². The molecule has 0 aliphatic heterocycles. The van der Waals surface area contributed by atoms with Crippen molar-refractivity contribution >= 4 is 5.97 Å². The van der Waals surface area contributed by atoms with Crippen molar-refractivity contribution in [2.45, 2.75) is 19.2 Å². The van der Waals surface area contributed by atoms with Gasteiger partial charge in [0, 0.05) is 18.3 Å². The van der Waals surface area contributed by atoms with Crippen LogP contribution in [0.4, 0.5) is 13.2 Å². The summed E-state index contributed by atoms with van der Waals surface area (Å²) >= 11 is 0. The topological polar surface area (TPSA) is 39.2 Å². The third kappa shape index (κ3) is 4.99.